The number of nitrogens with zero attached hydrogens (tertiary/aromatic N) is 2. The molecule has 1 atom stereocenters. The predicted molar refractivity (Wildman–Crippen MR) is 109 cm³/mol. The fourth-order valence-electron chi connectivity index (χ4n) is 3.50. The van der Waals surface area contributed by atoms with E-state index in [4.69, 9.17) is 6.42 Å². The van der Waals surface area contributed by atoms with Gasteiger partial charge in [0.1, 0.15) is 6.42 Å². The third kappa shape index (κ3) is 5.35. The second kappa shape index (κ2) is 9.93. The number of likely N-dealkylation sites (N-methyl/N-ethyl adjacent to an activating group) is 1. The molecule has 1 aromatic carbocycles. The van der Waals surface area contributed by atoms with Crippen molar-refractivity contribution in [1.29, 1.82) is 0 Å². The average molecular weight is 383 g/mol. The topological polar surface area (TPSA) is 69.7 Å². The van der Waals surface area contributed by atoms with Gasteiger partial charge in [0.2, 0.25) is 11.8 Å². The van der Waals surface area contributed by atoms with Crippen molar-refractivity contribution in [3.8, 4) is 12.3 Å². The quantitative estimate of drug-likeness (QED) is 0.603. The zero-order valence-corrected chi connectivity index (χ0v) is 16.9. The summed E-state index contributed by atoms with van der Waals surface area (Å²) in [7, 11) is 1.69. The molecule has 1 unspecified atom stereocenters. The lowest BCUT2D eigenvalue weighted by atomic mass is 9.95. The lowest BCUT2D eigenvalue weighted by Gasteiger charge is -2.38. The number of hydrogen-bond acceptors (Lipinski definition) is 3. The van der Waals surface area contributed by atoms with Gasteiger partial charge in [-0.2, -0.15) is 0 Å². The van der Waals surface area contributed by atoms with Gasteiger partial charge in [-0.25, -0.2) is 0 Å². The van der Waals surface area contributed by atoms with Crippen LogP contribution in [0.1, 0.15) is 54.9 Å². The lowest BCUT2D eigenvalue weighted by Crippen LogP contribution is -2.51. The molecule has 0 bridgehead atoms. The van der Waals surface area contributed by atoms with Gasteiger partial charge in [-0.3, -0.25) is 14.4 Å². The van der Waals surface area contributed by atoms with Gasteiger partial charge in [-0.1, -0.05) is 38.0 Å². The van der Waals surface area contributed by atoms with E-state index in [0.717, 1.165) is 24.0 Å². The first-order valence-corrected chi connectivity index (χ1v) is 9.69. The maximum absolute atomic E-state index is 13.1. The highest BCUT2D eigenvalue weighted by molar-refractivity contribution is 5.97. The number of likely N-dealkylation sites (tertiary alicyclic amines) is 1. The second-order valence-corrected chi connectivity index (χ2v) is 7.45. The molecule has 1 saturated heterocycles. The Morgan fingerprint density at radius 1 is 1.32 bits per heavy atom. The number of carbonyl (C=O) groups is 3. The van der Waals surface area contributed by atoms with Crippen molar-refractivity contribution in [1.82, 2.24) is 15.1 Å². The molecule has 150 valence electrons. The molecule has 0 spiro atoms. The highest BCUT2D eigenvalue weighted by Crippen LogP contribution is 2.23. The van der Waals surface area contributed by atoms with E-state index in [9.17, 15) is 14.4 Å². The minimum Gasteiger partial charge on any atom is -0.345 e. The largest absolute Gasteiger partial charge is 0.345 e. The van der Waals surface area contributed by atoms with Crippen LogP contribution < -0.4 is 5.32 Å². The van der Waals surface area contributed by atoms with E-state index < -0.39 is 0 Å². The van der Waals surface area contributed by atoms with Crippen LogP contribution in [0, 0.1) is 12.3 Å². The molecule has 0 aromatic heterocycles. The molecule has 3 amide bonds. The smallest absolute Gasteiger partial charge is 0.254 e. The van der Waals surface area contributed by atoms with Gasteiger partial charge in [-0.05, 0) is 30.4 Å². The molecule has 0 radical (unpaired) electrons. The number of piperidine rings is 1. The highest BCUT2D eigenvalue weighted by Gasteiger charge is 2.30. The molecule has 1 N–H and O–H groups in total. The summed E-state index contributed by atoms with van der Waals surface area (Å²) < 4.78 is 0. The first-order valence-electron chi connectivity index (χ1n) is 9.69. The highest BCUT2D eigenvalue weighted by atomic mass is 16.2. The average Bonchev–Trinajstić information content (AvgIpc) is 2.71. The van der Waals surface area contributed by atoms with E-state index in [0.29, 0.717) is 13.1 Å². The normalized spacial score (nSPS) is 16.4. The molecular formula is C22H29N3O3. The van der Waals surface area contributed by atoms with Gasteiger partial charge in [0.15, 0.2) is 0 Å². The SMILES string of the molecule is C#CCNC(=O)CC(=O)N(C)C1CCCN(C(=O)c2ccccc2C(C)C)C1. The van der Waals surface area contributed by atoms with Crippen molar-refractivity contribution in [2.75, 3.05) is 26.7 Å². The Morgan fingerprint density at radius 2 is 2.04 bits per heavy atom. The second-order valence-electron chi connectivity index (χ2n) is 7.45. The van der Waals surface area contributed by atoms with Crippen LogP contribution in [0.3, 0.4) is 0 Å². The number of nitrogens with one attached hydrogen (secondary N) is 1. The van der Waals surface area contributed by atoms with Crippen molar-refractivity contribution in [2.24, 2.45) is 0 Å². The van der Waals surface area contributed by atoms with E-state index >= 15 is 0 Å². The zero-order chi connectivity index (χ0) is 20.7. The van der Waals surface area contributed by atoms with Gasteiger partial charge >= 0.3 is 0 Å². The number of benzene rings is 1. The number of carbonyl (C=O) groups excluding carboxylic acids is 3. The van der Waals surface area contributed by atoms with E-state index in [-0.39, 0.29) is 42.6 Å². The molecule has 1 aliphatic heterocycles. The van der Waals surface area contributed by atoms with E-state index in [2.05, 4.69) is 25.1 Å². The first kappa shape index (κ1) is 21.5. The number of hydrogen-bond donors (Lipinski definition) is 1. The third-order valence-corrected chi connectivity index (χ3v) is 5.14. The van der Waals surface area contributed by atoms with Crippen LogP contribution in [0.5, 0.6) is 0 Å². The Bertz CT molecular complexity index is 767. The summed E-state index contributed by atoms with van der Waals surface area (Å²) in [5, 5.41) is 2.50. The molecule has 1 aliphatic rings. The summed E-state index contributed by atoms with van der Waals surface area (Å²) in [4.78, 5) is 40.7. The fourth-order valence-corrected chi connectivity index (χ4v) is 3.50. The molecule has 0 saturated carbocycles. The van der Waals surface area contributed by atoms with E-state index in [1.54, 1.807) is 11.9 Å². The van der Waals surface area contributed by atoms with Crippen LogP contribution in [-0.4, -0.2) is 60.2 Å². The number of rotatable bonds is 6. The molecule has 2 rings (SSSR count). The van der Waals surface area contributed by atoms with Crippen molar-refractivity contribution in [3.63, 3.8) is 0 Å². The molecule has 1 fully saturated rings. The summed E-state index contributed by atoms with van der Waals surface area (Å²) in [6.45, 7) is 5.40. The predicted octanol–water partition coefficient (Wildman–Crippen LogP) is 2.01. The van der Waals surface area contributed by atoms with Crippen molar-refractivity contribution in [2.45, 2.75) is 45.1 Å². The molecule has 28 heavy (non-hydrogen) atoms. The van der Waals surface area contributed by atoms with Gasteiger partial charge in [0.25, 0.3) is 5.91 Å². The number of terminal acetylenes is 1. The van der Waals surface area contributed by atoms with Gasteiger partial charge < -0.3 is 15.1 Å². The third-order valence-electron chi connectivity index (χ3n) is 5.14. The maximum atomic E-state index is 13.1. The Hall–Kier alpha value is -2.81. The maximum Gasteiger partial charge on any atom is 0.254 e. The Balaban J connectivity index is 2.03. The number of amides is 3. The molecule has 6 nitrogen and oxygen atoms in total. The summed E-state index contributed by atoms with van der Waals surface area (Å²) >= 11 is 0. The van der Waals surface area contributed by atoms with Crippen molar-refractivity contribution >= 4 is 17.7 Å². The molecule has 0 aliphatic carbocycles. The lowest BCUT2D eigenvalue weighted by molar-refractivity contribution is -0.137. The first-order chi connectivity index (χ1) is 13.3. The molecule has 1 aromatic rings. The summed E-state index contributed by atoms with van der Waals surface area (Å²) in [5.41, 5.74) is 1.75. The monoisotopic (exact) mass is 383 g/mol. The molecule has 1 heterocycles. The van der Waals surface area contributed by atoms with Crippen molar-refractivity contribution < 1.29 is 14.4 Å². The van der Waals surface area contributed by atoms with Gasteiger partial charge in [0.05, 0.1) is 6.54 Å². The van der Waals surface area contributed by atoms with Gasteiger partial charge in [0, 0.05) is 31.7 Å². The Labute approximate surface area is 167 Å². The van der Waals surface area contributed by atoms with Crippen LogP contribution in [-0.2, 0) is 9.59 Å². The van der Waals surface area contributed by atoms with Crippen LogP contribution in [0.15, 0.2) is 24.3 Å². The van der Waals surface area contributed by atoms with Crippen LogP contribution in [0.4, 0.5) is 0 Å². The van der Waals surface area contributed by atoms with Crippen LogP contribution in [0.25, 0.3) is 0 Å². The summed E-state index contributed by atoms with van der Waals surface area (Å²) in [5.74, 6) is 1.92. The molecular weight excluding hydrogens is 354 g/mol. The van der Waals surface area contributed by atoms with E-state index in [1.165, 1.54) is 0 Å². The minimum atomic E-state index is -0.385. The van der Waals surface area contributed by atoms with Gasteiger partial charge in [-0.15, -0.1) is 6.42 Å². The summed E-state index contributed by atoms with van der Waals surface area (Å²) in [6.07, 6.45) is 6.50. The standard InChI is InChI=1S/C22H29N3O3/c1-5-12-23-20(26)14-21(27)24(4)17-9-8-13-25(15-17)22(28)19-11-7-6-10-18(19)16(2)3/h1,6-7,10-11,16-17H,8-9,12-15H2,2-4H3,(H,23,26). The Morgan fingerprint density at radius 3 is 2.71 bits per heavy atom. The summed E-state index contributed by atoms with van der Waals surface area (Å²) in [6, 6.07) is 7.58. The van der Waals surface area contributed by atoms with E-state index in [1.807, 2.05) is 29.2 Å². The molecule has 6 heteroatoms. The van der Waals surface area contributed by atoms with Crippen molar-refractivity contribution in [3.05, 3.63) is 35.4 Å². The zero-order valence-electron chi connectivity index (χ0n) is 16.9. The minimum absolute atomic E-state index is 0.00149. The fraction of sp³-hybridized carbons (Fsp3) is 0.500. The van der Waals surface area contributed by atoms with Crippen LogP contribution >= 0.6 is 0 Å². The van der Waals surface area contributed by atoms with Crippen LogP contribution in [0.2, 0.25) is 0 Å². The Kier molecular flexibility index (Phi) is 7.62.